The van der Waals surface area contributed by atoms with Gasteiger partial charge < -0.3 is 25.7 Å². The number of nitrogens with two attached hydrogens (primary N) is 1. The molecule has 4 aromatic rings. The van der Waals surface area contributed by atoms with Crippen molar-refractivity contribution in [3.63, 3.8) is 0 Å². The van der Waals surface area contributed by atoms with E-state index in [0.717, 1.165) is 43.2 Å². The van der Waals surface area contributed by atoms with Crippen molar-refractivity contribution in [2.24, 2.45) is 0 Å². The van der Waals surface area contributed by atoms with Crippen LogP contribution in [0.5, 0.6) is 5.75 Å². The van der Waals surface area contributed by atoms with Crippen LogP contribution in [0, 0.1) is 5.82 Å². The number of likely N-dealkylation sites (tertiary alicyclic amines) is 1. The molecule has 1 saturated heterocycles. The molecule has 1 fully saturated rings. The maximum atomic E-state index is 14.2. The molecule has 6 rings (SSSR count). The second-order valence-electron chi connectivity index (χ2n) is 9.59. The Morgan fingerprint density at radius 1 is 1.11 bits per heavy atom. The Morgan fingerprint density at radius 2 is 1.92 bits per heavy atom. The van der Waals surface area contributed by atoms with Gasteiger partial charge in [-0.1, -0.05) is 18.2 Å². The highest BCUT2D eigenvalue weighted by atomic mass is 19.1. The molecule has 2 unspecified atom stereocenters. The second-order valence-corrected chi connectivity index (χ2v) is 9.59. The number of aliphatic hydroxyl groups excluding tert-OH is 1. The van der Waals surface area contributed by atoms with Crippen LogP contribution < -0.4 is 10.6 Å². The Bertz CT molecular complexity index is 1460. The van der Waals surface area contributed by atoms with Gasteiger partial charge in [-0.25, -0.2) is 19.0 Å². The van der Waals surface area contributed by atoms with E-state index in [9.17, 15) is 14.6 Å². The summed E-state index contributed by atoms with van der Waals surface area (Å²) in [5, 5.41) is 26.5. The number of benzene rings is 2. The zero-order valence-electron chi connectivity index (χ0n) is 20.2. The van der Waals surface area contributed by atoms with Crippen molar-refractivity contribution in [1.82, 2.24) is 24.6 Å². The van der Waals surface area contributed by atoms with Gasteiger partial charge in [0, 0.05) is 37.0 Å². The van der Waals surface area contributed by atoms with Crippen molar-refractivity contribution in [2.75, 3.05) is 30.3 Å². The van der Waals surface area contributed by atoms with Gasteiger partial charge in [-0.3, -0.25) is 0 Å². The standard InChI is InChI=1S/C27H28FN7O2/c28-19-11-18(13-21(36)14-19)25-24-26(29)30-16-31-27(24)35(32-25)20-12-17-5-1-2-6-22(17)34(15-20)23(37)7-10-33-8-3-4-9-33/h1-2,5-7,10-11,13-14,16,20,23,36-37H,3-4,8-9,12,15H2,(H2,29,30,31). The van der Waals surface area contributed by atoms with Gasteiger partial charge in [0.2, 0.25) is 0 Å². The summed E-state index contributed by atoms with van der Waals surface area (Å²) in [7, 11) is 0. The second kappa shape index (κ2) is 9.36. The van der Waals surface area contributed by atoms with Gasteiger partial charge in [0.05, 0.1) is 11.4 Å². The Morgan fingerprint density at radius 3 is 2.73 bits per heavy atom. The van der Waals surface area contributed by atoms with E-state index in [-0.39, 0.29) is 17.6 Å². The SMILES string of the molecule is Nc1ncnc2c1c(-c1cc(O)cc(F)c1)nn2C1Cc2ccccc2N(C(O)C=CN2CCCC2)C1. The van der Waals surface area contributed by atoms with E-state index in [1.54, 1.807) is 4.68 Å². The molecule has 0 radical (unpaired) electrons. The number of aromatic nitrogens is 4. The molecule has 190 valence electrons. The highest BCUT2D eigenvalue weighted by molar-refractivity contribution is 5.98. The van der Waals surface area contributed by atoms with E-state index >= 15 is 0 Å². The van der Waals surface area contributed by atoms with Crippen LogP contribution in [-0.2, 0) is 6.42 Å². The zero-order chi connectivity index (χ0) is 25.5. The minimum atomic E-state index is -0.828. The number of anilines is 2. The van der Waals surface area contributed by atoms with Gasteiger partial charge in [0.15, 0.2) is 5.65 Å². The van der Waals surface area contributed by atoms with Crippen LogP contribution in [0.25, 0.3) is 22.3 Å². The number of nitrogens with zero attached hydrogens (tertiary/aromatic N) is 6. The molecular formula is C27H28FN7O2. The fraction of sp³-hybridized carbons (Fsp3) is 0.296. The summed E-state index contributed by atoms with van der Waals surface area (Å²) in [5.41, 5.74) is 9.56. The average Bonchev–Trinajstić information content (AvgIpc) is 3.55. The van der Waals surface area contributed by atoms with Crippen LogP contribution in [0.3, 0.4) is 0 Å². The quantitative estimate of drug-likeness (QED) is 0.381. The minimum absolute atomic E-state index is 0.197. The van der Waals surface area contributed by atoms with Gasteiger partial charge in [-0.05, 0) is 55.3 Å². The largest absolute Gasteiger partial charge is 0.508 e. The van der Waals surface area contributed by atoms with Crippen LogP contribution in [-0.4, -0.2) is 60.7 Å². The number of hydrogen-bond acceptors (Lipinski definition) is 8. The van der Waals surface area contributed by atoms with Crippen LogP contribution >= 0.6 is 0 Å². The highest BCUT2D eigenvalue weighted by Gasteiger charge is 2.31. The Kier molecular flexibility index (Phi) is 5.88. The number of rotatable bonds is 5. The molecule has 0 bridgehead atoms. The number of fused-ring (bicyclic) bond motifs is 2. The summed E-state index contributed by atoms with van der Waals surface area (Å²) >= 11 is 0. The normalized spacial score (nSPS) is 18.6. The van der Waals surface area contributed by atoms with E-state index in [1.165, 1.54) is 18.5 Å². The van der Waals surface area contributed by atoms with Crippen molar-refractivity contribution in [3.05, 3.63) is 72.4 Å². The van der Waals surface area contributed by atoms with Crippen molar-refractivity contribution in [2.45, 2.75) is 31.5 Å². The van der Waals surface area contributed by atoms with Crippen LogP contribution in [0.1, 0.15) is 24.4 Å². The van der Waals surface area contributed by atoms with E-state index in [2.05, 4.69) is 14.9 Å². The number of phenolic OH excluding ortho intramolecular Hbond substituents is 1. The molecule has 9 nitrogen and oxygen atoms in total. The molecule has 0 amide bonds. The predicted octanol–water partition coefficient (Wildman–Crippen LogP) is 3.45. The molecule has 2 aliphatic rings. The Balaban J connectivity index is 1.42. The summed E-state index contributed by atoms with van der Waals surface area (Å²) in [6.45, 7) is 2.47. The van der Waals surface area contributed by atoms with Gasteiger partial charge in [-0.15, -0.1) is 0 Å². The lowest BCUT2D eigenvalue weighted by molar-refractivity contribution is 0.203. The molecule has 2 aliphatic heterocycles. The summed E-state index contributed by atoms with van der Waals surface area (Å²) < 4.78 is 15.9. The topological polar surface area (TPSA) is 117 Å². The number of phenols is 1. The Labute approximate surface area is 213 Å². The summed E-state index contributed by atoms with van der Waals surface area (Å²) in [4.78, 5) is 12.8. The molecule has 2 atom stereocenters. The lowest BCUT2D eigenvalue weighted by atomic mass is 9.97. The smallest absolute Gasteiger partial charge is 0.164 e. The molecule has 2 aromatic carbocycles. The molecular weight excluding hydrogens is 473 g/mol. The van der Waals surface area contributed by atoms with Crippen molar-refractivity contribution < 1.29 is 14.6 Å². The van der Waals surface area contributed by atoms with E-state index in [0.29, 0.717) is 35.3 Å². The molecule has 2 aromatic heterocycles. The lowest BCUT2D eigenvalue weighted by Crippen LogP contribution is -2.43. The lowest BCUT2D eigenvalue weighted by Gasteiger charge is -2.38. The number of aliphatic hydroxyl groups is 1. The molecule has 4 heterocycles. The first kappa shape index (κ1) is 23.2. The van der Waals surface area contributed by atoms with E-state index < -0.39 is 12.0 Å². The maximum Gasteiger partial charge on any atom is 0.164 e. The van der Waals surface area contributed by atoms with Crippen LogP contribution in [0.2, 0.25) is 0 Å². The summed E-state index contributed by atoms with van der Waals surface area (Å²) in [6.07, 6.45) is 7.35. The van der Waals surface area contributed by atoms with Gasteiger partial charge >= 0.3 is 0 Å². The third-order valence-corrected chi connectivity index (χ3v) is 7.11. The van der Waals surface area contributed by atoms with Gasteiger partial charge in [0.1, 0.15) is 35.6 Å². The van der Waals surface area contributed by atoms with Crippen molar-refractivity contribution in [3.8, 4) is 17.0 Å². The third-order valence-electron chi connectivity index (χ3n) is 7.11. The number of nitrogen functional groups attached to an aromatic ring is 1. The molecule has 0 saturated carbocycles. The fourth-order valence-corrected chi connectivity index (χ4v) is 5.38. The molecule has 37 heavy (non-hydrogen) atoms. The van der Waals surface area contributed by atoms with Crippen molar-refractivity contribution >= 4 is 22.5 Å². The van der Waals surface area contributed by atoms with Gasteiger partial charge in [0.25, 0.3) is 0 Å². The molecule has 10 heteroatoms. The monoisotopic (exact) mass is 501 g/mol. The first-order valence-electron chi connectivity index (χ1n) is 12.4. The minimum Gasteiger partial charge on any atom is -0.508 e. The first-order chi connectivity index (χ1) is 18.0. The van der Waals surface area contributed by atoms with Crippen molar-refractivity contribution in [1.29, 1.82) is 0 Å². The van der Waals surface area contributed by atoms with Gasteiger partial charge in [-0.2, -0.15) is 5.10 Å². The molecule has 0 aliphatic carbocycles. The van der Waals surface area contributed by atoms with Crippen LogP contribution in [0.15, 0.2) is 61.1 Å². The zero-order valence-corrected chi connectivity index (χ0v) is 20.2. The molecule has 0 spiro atoms. The summed E-state index contributed by atoms with van der Waals surface area (Å²) in [6, 6.07) is 11.6. The average molecular weight is 502 g/mol. The number of para-hydroxylation sites is 1. The predicted molar refractivity (Wildman–Crippen MR) is 139 cm³/mol. The Hall–Kier alpha value is -4.18. The summed E-state index contributed by atoms with van der Waals surface area (Å²) in [5.74, 6) is -0.575. The van der Waals surface area contributed by atoms with Crippen LogP contribution in [0.4, 0.5) is 15.9 Å². The van der Waals surface area contributed by atoms with E-state index in [1.807, 2.05) is 41.4 Å². The number of aromatic hydroxyl groups is 1. The fourth-order valence-electron chi connectivity index (χ4n) is 5.38. The number of hydrogen-bond donors (Lipinski definition) is 3. The van der Waals surface area contributed by atoms with E-state index in [4.69, 9.17) is 10.8 Å². The first-order valence-corrected chi connectivity index (χ1v) is 12.4. The highest BCUT2D eigenvalue weighted by Crippen LogP contribution is 2.38. The maximum absolute atomic E-state index is 14.2. The third kappa shape index (κ3) is 4.33. The number of halogens is 1. The molecule has 4 N–H and O–H groups in total.